The van der Waals surface area contributed by atoms with Crippen LogP contribution in [0, 0.1) is 17.0 Å². The van der Waals surface area contributed by atoms with Crippen LogP contribution < -0.4 is 4.90 Å². The van der Waals surface area contributed by atoms with Gasteiger partial charge in [-0.25, -0.2) is 8.78 Å². The fraction of sp³-hybridized carbons (Fsp3) is 0.571. The van der Waals surface area contributed by atoms with Gasteiger partial charge in [0.15, 0.2) is 0 Å². The van der Waals surface area contributed by atoms with Gasteiger partial charge in [0.1, 0.15) is 11.6 Å². The van der Waals surface area contributed by atoms with E-state index in [1.54, 1.807) is 0 Å². The molecule has 0 bridgehead atoms. The predicted octanol–water partition coefficient (Wildman–Crippen LogP) is 4.22. The molecule has 0 N–H and O–H groups in total. The van der Waals surface area contributed by atoms with Crippen molar-refractivity contribution in [1.82, 2.24) is 0 Å². The molecule has 1 aromatic rings. The maximum absolute atomic E-state index is 13.7. The molecular weight excluding hydrogens is 268 g/mol. The molecule has 0 atom stereocenters. The summed E-state index contributed by atoms with van der Waals surface area (Å²) in [7, 11) is 0. The molecule has 18 heavy (non-hydrogen) atoms. The smallest absolute Gasteiger partial charge is 0.149 e. The Morgan fingerprint density at radius 3 is 2.22 bits per heavy atom. The van der Waals surface area contributed by atoms with Crippen molar-refractivity contribution in [3.8, 4) is 0 Å². The Morgan fingerprint density at radius 2 is 1.78 bits per heavy atom. The summed E-state index contributed by atoms with van der Waals surface area (Å²) < 4.78 is 26.5. The Balaban J connectivity index is 0.00000289. The summed E-state index contributed by atoms with van der Waals surface area (Å²) >= 11 is 0. The number of anilines is 1. The quantitative estimate of drug-likeness (QED) is 0.733. The molecular formula is C14H21F2NTi. The summed E-state index contributed by atoms with van der Waals surface area (Å²) in [5, 5.41) is 0. The average molecular weight is 289 g/mol. The zero-order valence-corrected chi connectivity index (χ0v) is 13.1. The fourth-order valence-corrected chi connectivity index (χ4v) is 1.73. The van der Waals surface area contributed by atoms with Crippen molar-refractivity contribution in [2.75, 3.05) is 18.0 Å². The second-order valence-electron chi connectivity index (χ2n) is 5.13. The van der Waals surface area contributed by atoms with Crippen molar-refractivity contribution in [3.63, 3.8) is 0 Å². The van der Waals surface area contributed by atoms with Crippen LogP contribution in [0.5, 0.6) is 0 Å². The van der Waals surface area contributed by atoms with Gasteiger partial charge in [0, 0.05) is 40.9 Å². The Morgan fingerprint density at radius 1 is 1.17 bits per heavy atom. The Labute approximate surface area is 123 Å². The van der Waals surface area contributed by atoms with Crippen LogP contribution in [0.4, 0.5) is 14.5 Å². The van der Waals surface area contributed by atoms with Gasteiger partial charge in [0.2, 0.25) is 0 Å². The van der Waals surface area contributed by atoms with E-state index in [1.807, 2.05) is 11.8 Å². The number of halogens is 2. The van der Waals surface area contributed by atoms with Gasteiger partial charge in [0.25, 0.3) is 0 Å². The zero-order chi connectivity index (χ0) is 13.1. The third-order valence-electron chi connectivity index (χ3n) is 3.21. The van der Waals surface area contributed by atoms with Crippen LogP contribution in [0.25, 0.3) is 0 Å². The number of benzene rings is 1. The zero-order valence-electron chi connectivity index (χ0n) is 11.6. The van der Waals surface area contributed by atoms with Crippen LogP contribution in [0.1, 0.15) is 34.1 Å². The normalized spacial score (nSPS) is 11.0. The Kier molecular flexibility index (Phi) is 7.09. The second-order valence-corrected chi connectivity index (χ2v) is 5.13. The van der Waals surface area contributed by atoms with Crippen LogP contribution in [-0.4, -0.2) is 13.1 Å². The molecule has 0 spiro atoms. The van der Waals surface area contributed by atoms with Crippen molar-refractivity contribution in [2.45, 2.75) is 34.1 Å². The second kappa shape index (κ2) is 7.25. The van der Waals surface area contributed by atoms with E-state index in [2.05, 4.69) is 20.8 Å². The first-order valence-electron chi connectivity index (χ1n) is 6.09. The number of hydrogen-bond donors (Lipinski definition) is 0. The van der Waals surface area contributed by atoms with Crippen molar-refractivity contribution in [1.29, 1.82) is 0 Å². The molecule has 0 saturated carbocycles. The van der Waals surface area contributed by atoms with Crippen LogP contribution in [-0.2, 0) is 21.7 Å². The van der Waals surface area contributed by atoms with Crippen LogP contribution >= 0.6 is 0 Å². The van der Waals surface area contributed by atoms with Gasteiger partial charge in [-0.05, 0) is 30.9 Å². The van der Waals surface area contributed by atoms with E-state index < -0.39 is 11.6 Å². The molecule has 0 unspecified atom stereocenters. The Bertz CT molecular complexity index is 380. The summed E-state index contributed by atoms with van der Waals surface area (Å²) in [4.78, 5) is 1.96. The summed E-state index contributed by atoms with van der Waals surface area (Å²) in [5.41, 5.74) is 0.604. The predicted molar refractivity (Wildman–Crippen MR) is 68.3 cm³/mol. The van der Waals surface area contributed by atoms with Crippen LogP contribution in [0.3, 0.4) is 0 Å². The molecule has 0 saturated heterocycles. The standard InChI is InChI=1S/C14H21F2N.Ti/c1-5-14(3,4)10-17(6-2)13-8-7-11(15)9-12(13)16;/h7-9H,5-6,10H2,1-4H3;. The minimum atomic E-state index is -0.531. The van der Waals surface area contributed by atoms with E-state index in [0.717, 1.165) is 19.0 Å². The molecule has 0 aliphatic carbocycles. The van der Waals surface area contributed by atoms with E-state index in [0.29, 0.717) is 12.2 Å². The topological polar surface area (TPSA) is 3.24 Å². The first kappa shape index (κ1) is 17.6. The van der Waals surface area contributed by atoms with E-state index in [-0.39, 0.29) is 27.1 Å². The third kappa shape index (κ3) is 4.70. The maximum Gasteiger partial charge on any atom is 0.149 e. The van der Waals surface area contributed by atoms with Gasteiger partial charge in [0.05, 0.1) is 5.69 Å². The number of nitrogens with zero attached hydrogens (tertiary/aromatic N) is 1. The summed E-state index contributed by atoms with van der Waals surface area (Å²) in [6.45, 7) is 9.88. The fourth-order valence-electron chi connectivity index (χ4n) is 1.73. The van der Waals surface area contributed by atoms with Gasteiger partial charge in [-0.1, -0.05) is 20.8 Å². The molecule has 1 rings (SSSR count). The molecule has 0 fully saturated rings. The van der Waals surface area contributed by atoms with E-state index in [4.69, 9.17) is 0 Å². The van der Waals surface area contributed by atoms with E-state index in [9.17, 15) is 8.78 Å². The van der Waals surface area contributed by atoms with Crippen molar-refractivity contribution >= 4 is 5.69 Å². The summed E-state index contributed by atoms with van der Waals surface area (Å²) in [6.07, 6.45) is 1.02. The van der Waals surface area contributed by atoms with Crippen molar-refractivity contribution in [2.24, 2.45) is 5.41 Å². The molecule has 0 amide bonds. The van der Waals surface area contributed by atoms with E-state index >= 15 is 0 Å². The van der Waals surface area contributed by atoms with Gasteiger partial charge in [-0.15, -0.1) is 0 Å². The minimum absolute atomic E-state index is 0. The molecule has 4 heteroatoms. The summed E-state index contributed by atoms with van der Waals surface area (Å²) in [6, 6.07) is 3.76. The molecule has 0 heterocycles. The molecule has 1 nitrogen and oxygen atoms in total. The number of hydrogen-bond acceptors (Lipinski definition) is 1. The molecule has 0 radical (unpaired) electrons. The first-order valence-corrected chi connectivity index (χ1v) is 6.09. The van der Waals surface area contributed by atoms with Gasteiger partial charge >= 0.3 is 0 Å². The van der Waals surface area contributed by atoms with Crippen molar-refractivity contribution in [3.05, 3.63) is 29.8 Å². The molecule has 100 valence electrons. The Hall–Kier alpha value is -0.406. The molecule has 1 aromatic carbocycles. The molecule has 0 aliphatic rings. The third-order valence-corrected chi connectivity index (χ3v) is 3.21. The summed E-state index contributed by atoms with van der Waals surface area (Å²) in [5.74, 6) is -1.02. The van der Waals surface area contributed by atoms with Crippen LogP contribution in [0.15, 0.2) is 18.2 Å². The largest absolute Gasteiger partial charge is 0.369 e. The van der Waals surface area contributed by atoms with Gasteiger partial charge < -0.3 is 4.90 Å². The van der Waals surface area contributed by atoms with Crippen molar-refractivity contribution < 1.29 is 30.5 Å². The number of rotatable bonds is 5. The van der Waals surface area contributed by atoms with Gasteiger partial charge in [-0.3, -0.25) is 0 Å². The minimum Gasteiger partial charge on any atom is -0.369 e. The first-order chi connectivity index (χ1) is 7.89. The van der Waals surface area contributed by atoms with Gasteiger partial charge in [-0.2, -0.15) is 0 Å². The average Bonchev–Trinajstić information content (AvgIpc) is 2.26. The molecule has 0 aromatic heterocycles. The molecule has 0 aliphatic heterocycles. The SMILES string of the molecule is CCN(CC(C)(C)CC)c1ccc(F)cc1F.[Ti]. The monoisotopic (exact) mass is 289 g/mol. The maximum atomic E-state index is 13.7. The van der Waals surface area contributed by atoms with E-state index in [1.165, 1.54) is 12.1 Å². The van der Waals surface area contributed by atoms with Crippen LogP contribution in [0.2, 0.25) is 0 Å².